The molecule has 2 aliphatic heterocycles. The molecule has 2 aliphatic rings. The Morgan fingerprint density at radius 3 is 2.79 bits per heavy atom. The molecular formula is C30H38N6O2. The molecule has 1 aromatic heterocycles. The number of rotatable bonds is 9. The van der Waals surface area contributed by atoms with Gasteiger partial charge in [-0.15, -0.1) is 0 Å². The number of fused-ring (bicyclic) bond motifs is 2. The molecule has 3 aromatic rings. The molecule has 1 N–H and O–H groups in total. The molecule has 200 valence electrons. The standard InChI is InChI=1S/C30H38N6O2/c1-4-35(5-2)16-17-37-30-33-26-18-27(24-11-7-10-22-9-6-8-21(3)28(22)24)38-20-25(26)29(34-30)36-15-14-32-23(19-36)12-13-31/h6-11,23,27,32H,4-5,12,14-20H2,1-3H3/t23-,27?/m0/s1. The maximum absolute atomic E-state index is 9.25. The molecule has 2 aromatic carbocycles. The summed E-state index contributed by atoms with van der Waals surface area (Å²) in [4.78, 5) is 14.4. The Balaban J connectivity index is 1.47. The van der Waals surface area contributed by atoms with E-state index in [1.165, 1.54) is 21.9 Å². The smallest absolute Gasteiger partial charge is 0.318 e. The SMILES string of the molecule is CCN(CC)CCOc1nc2c(c(N3CCN[C@@H](CC#N)C3)n1)COC(c1cccc3cccc(C)c13)C2. The number of anilines is 1. The first-order valence-corrected chi connectivity index (χ1v) is 13.8. The van der Waals surface area contributed by atoms with Crippen molar-refractivity contribution in [3.63, 3.8) is 0 Å². The molecule has 0 saturated carbocycles. The van der Waals surface area contributed by atoms with Crippen molar-refractivity contribution in [2.45, 2.75) is 52.4 Å². The highest BCUT2D eigenvalue weighted by Gasteiger charge is 2.31. The summed E-state index contributed by atoms with van der Waals surface area (Å²) >= 11 is 0. The lowest BCUT2D eigenvalue weighted by atomic mass is 9.92. The molecule has 1 unspecified atom stereocenters. The van der Waals surface area contributed by atoms with E-state index in [9.17, 15) is 5.26 Å². The van der Waals surface area contributed by atoms with E-state index < -0.39 is 0 Å². The van der Waals surface area contributed by atoms with Crippen LogP contribution in [0.5, 0.6) is 6.01 Å². The fraction of sp³-hybridized carbons (Fsp3) is 0.500. The number of aromatic nitrogens is 2. The highest BCUT2D eigenvalue weighted by Crippen LogP contribution is 2.38. The molecule has 0 spiro atoms. The number of benzene rings is 2. The maximum atomic E-state index is 9.25. The molecule has 0 bridgehead atoms. The Morgan fingerprint density at radius 1 is 1.18 bits per heavy atom. The van der Waals surface area contributed by atoms with Gasteiger partial charge in [0.15, 0.2) is 0 Å². The average Bonchev–Trinajstić information content (AvgIpc) is 2.95. The predicted molar refractivity (Wildman–Crippen MR) is 149 cm³/mol. The van der Waals surface area contributed by atoms with Crippen molar-refractivity contribution in [3.8, 4) is 12.1 Å². The molecular weight excluding hydrogens is 476 g/mol. The van der Waals surface area contributed by atoms with Crippen molar-refractivity contribution < 1.29 is 9.47 Å². The summed E-state index contributed by atoms with van der Waals surface area (Å²) in [6.45, 7) is 12.6. The van der Waals surface area contributed by atoms with Crippen LogP contribution in [-0.2, 0) is 17.8 Å². The zero-order chi connectivity index (χ0) is 26.5. The third-order valence-electron chi connectivity index (χ3n) is 7.78. The number of nitriles is 1. The number of piperazine rings is 1. The monoisotopic (exact) mass is 514 g/mol. The van der Waals surface area contributed by atoms with Crippen LogP contribution in [0.2, 0.25) is 0 Å². The van der Waals surface area contributed by atoms with E-state index in [1.54, 1.807) is 0 Å². The number of nitrogens with zero attached hydrogens (tertiary/aromatic N) is 5. The summed E-state index contributed by atoms with van der Waals surface area (Å²) in [5.74, 6) is 0.879. The molecule has 0 aliphatic carbocycles. The summed E-state index contributed by atoms with van der Waals surface area (Å²) in [7, 11) is 0. The van der Waals surface area contributed by atoms with Crippen molar-refractivity contribution in [1.29, 1.82) is 5.26 Å². The van der Waals surface area contributed by atoms with Gasteiger partial charge in [0.05, 0.1) is 30.9 Å². The molecule has 0 radical (unpaired) electrons. The Hall–Kier alpha value is -3.25. The molecule has 1 fully saturated rings. The Bertz CT molecular complexity index is 1300. The predicted octanol–water partition coefficient (Wildman–Crippen LogP) is 4.16. The summed E-state index contributed by atoms with van der Waals surface area (Å²) < 4.78 is 12.7. The zero-order valence-corrected chi connectivity index (χ0v) is 22.7. The Morgan fingerprint density at radius 2 is 2.00 bits per heavy atom. The second kappa shape index (κ2) is 12.1. The first kappa shape index (κ1) is 26.4. The number of hydrogen-bond donors (Lipinski definition) is 1. The molecule has 8 heteroatoms. The third-order valence-corrected chi connectivity index (χ3v) is 7.78. The van der Waals surface area contributed by atoms with Crippen molar-refractivity contribution in [2.24, 2.45) is 0 Å². The van der Waals surface area contributed by atoms with Gasteiger partial charge in [-0.1, -0.05) is 50.2 Å². The largest absolute Gasteiger partial charge is 0.462 e. The van der Waals surface area contributed by atoms with Crippen LogP contribution in [-0.4, -0.2) is 66.8 Å². The second-order valence-electron chi connectivity index (χ2n) is 10.1. The summed E-state index contributed by atoms with van der Waals surface area (Å²) in [5, 5.41) is 15.2. The number of nitrogens with one attached hydrogen (secondary N) is 1. The van der Waals surface area contributed by atoms with E-state index in [4.69, 9.17) is 19.4 Å². The third kappa shape index (κ3) is 5.60. The van der Waals surface area contributed by atoms with Crippen LogP contribution < -0.4 is 15.0 Å². The molecule has 1 saturated heterocycles. The van der Waals surface area contributed by atoms with Crippen LogP contribution in [0.1, 0.15) is 48.8 Å². The molecule has 2 atom stereocenters. The van der Waals surface area contributed by atoms with E-state index >= 15 is 0 Å². The number of aryl methyl sites for hydroxylation is 1. The topological polar surface area (TPSA) is 86.5 Å². The van der Waals surface area contributed by atoms with Crippen LogP contribution >= 0.6 is 0 Å². The van der Waals surface area contributed by atoms with Crippen LogP contribution in [0.4, 0.5) is 5.82 Å². The molecule has 38 heavy (non-hydrogen) atoms. The minimum absolute atomic E-state index is 0.0899. The van der Waals surface area contributed by atoms with Gasteiger partial charge in [-0.25, -0.2) is 0 Å². The van der Waals surface area contributed by atoms with E-state index in [-0.39, 0.29) is 12.1 Å². The summed E-state index contributed by atoms with van der Waals surface area (Å²) in [6.07, 6.45) is 1.04. The minimum Gasteiger partial charge on any atom is -0.462 e. The van der Waals surface area contributed by atoms with Crippen LogP contribution in [0.15, 0.2) is 36.4 Å². The quantitative estimate of drug-likeness (QED) is 0.456. The summed E-state index contributed by atoms with van der Waals surface area (Å²) in [5.41, 5.74) is 4.48. The van der Waals surface area contributed by atoms with Crippen LogP contribution in [0.25, 0.3) is 10.8 Å². The van der Waals surface area contributed by atoms with Gasteiger partial charge in [0, 0.05) is 44.2 Å². The van der Waals surface area contributed by atoms with Gasteiger partial charge in [0.25, 0.3) is 0 Å². The number of hydrogen-bond acceptors (Lipinski definition) is 8. The molecule has 3 heterocycles. The number of ether oxygens (including phenoxy) is 2. The molecule has 0 amide bonds. The van der Waals surface area contributed by atoms with E-state index in [0.29, 0.717) is 32.1 Å². The van der Waals surface area contributed by atoms with E-state index in [1.807, 2.05) is 0 Å². The average molecular weight is 515 g/mol. The second-order valence-corrected chi connectivity index (χ2v) is 10.1. The van der Waals surface area contributed by atoms with E-state index in [0.717, 1.165) is 56.3 Å². The van der Waals surface area contributed by atoms with Gasteiger partial charge in [-0.05, 0) is 41.9 Å². The van der Waals surface area contributed by atoms with Gasteiger partial charge >= 0.3 is 6.01 Å². The highest BCUT2D eigenvalue weighted by molar-refractivity contribution is 5.89. The minimum atomic E-state index is -0.0899. The van der Waals surface area contributed by atoms with Gasteiger partial charge in [-0.2, -0.15) is 15.2 Å². The zero-order valence-electron chi connectivity index (χ0n) is 22.7. The lowest BCUT2D eigenvalue weighted by Crippen LogP contribution is -2.51. The molecule has 5 rings (SSSR count). The highest BCUT2D eigenvalue weighted by atomic mass is 16.5. The van der Waals surface area contributed by atoms with Crippen molar-refractivity contribution in [1.82, 2.24) is 20.2 Å². The lowest BCUT2D eigenvalue weighted by molar-refractivity contribution is 0.0265. The molecule has 8 nitrogen and oxygen atoms in total. The lowest BCUT2D eigenvalue weighted by Gasteiger charge is -2.36. The number of likely N-dealkylation sites (N-methyl/N-ethyl adjacent to an activating group) is 1. The maximum Gasteiger partial charge on any atom is 0.318 e. The van der Waals surface area contributed by atoms with Gasteiger partial charge < -0.3 is 24.6 Å². The van der Waals surface area contributed by atoms with E-state index in [2.05, 4.69) is 78.4 Å². The van der Waals surface area contributed by atoms with Gasteiger partial charge in [-0.3, -0.25) is 0 Å². The van der Waals surface area contributed by atoms with Crippen LogP contribution in [0.3, 0.4) is 0 Å². The Labute approximate surface area is 225 Å². The summed E-state index contributed by atoms with van der Waals surface area (Å²) in [6, 6.07) is 15.7. The van der Waals surface area contributed by atoms with Gasteiger partial charge in [0.2, 0.25) is 0 Å². The first-order valence-electron chi connectivity index (χ1n) is 13.8. The van der Waals surface area contributed by atoms with Crippen molar-refractivity contribution in [3.05, 3.63) is 58.8 Å². The first-order chi connectivity index (χ1) is 18.6. The fourth-order valence-electron chi connectivity index (χ4n) is 5.66. The Kier molecular flexibility index (Phi) is 8.38. The van der Waals surface area contributed by atoms with Crippen molar-refractivity contribution >= 4 is 16.6 Å². The van der Waals surface area contributed by atoms with Gasteiger partial charge in [0.1, 0.15) is 12.4 Å². The van der Waals surface area contributed by atoms with Crippen LogP contribution in [0, 0.1) is 18.3 Å². The normalized spacial score (nSPS) is 19.4. The fourth-order valence-corrected chi connectivity index (χ4v) is 5.66. The van der Waals surface area contributed by atoms with Crippen molar-refractivity contribution in [2.75, 3.05) is 50.8 Å².